The first-order valence-corrected chi connectivity index (χ1v) is 4.13. The van der Waals surface area contributed by atoms with Gasteiger partial charge in [-0.2, -0.15) is 0 Å². The van der Waals surface area contributed by atoms with Crippen LogP contribution in [0.1, 0.15) is 5.69 Å². The number of aromatic amines is 1. The molecule has 0 atom stereocenters. The van der Waals surface area contributed by atoms with Crippen molar-refractivity contribution >= 4 is 11.6 Å². The summed E-state index contributed by atoms with van der Waals surface area (Å²) >= 11 is 0. The topological polar surface area (TPSA) is 92.5 Å². The summed E-state index contributed by atoms with van der Waals surface area (Å²) in [5.74, 6) is 1.05. The molecule has 2 heterocycles. The molecule has 0 bridgehead atoms. The molecule has 0 saturated heterocycles. The molecule has 0 aromatic carbocycles. The van der Waals surface area contributed by atoms with E-state index in [1.807, 2.05) is 0 Å². The third kappa shape index (κ3) is 1.98. The highest BCUT2D eigenvalue weighted by atomic mass is 15.0. The Morgan fingerprint density at radius 3 is 2.93 bits per heavy atom. The van der Waals surface area contributed by atoms with Gasteiger partial charge in [-0.05, 0) is 0 Å². The predicted octanol–water partition coefficient (Wildman–Crippen LogP) is 0.394. The Morgan fingerprint density at radius 2 is 2.21 bits per heavy atom. The fourth-order valence-electron chi connectivity index (χ4n) is 1.03. The quantitative estimate of drug-likeness (QED) is 0.651. The summed E-state index contributed by atoms with van der Waals surface area (Å²) in [5, 5.41) is 3.06. The van der Waals surface area contributed by atoms with E-state index in [0.29, 0.717) is 18.2 Å². The van der Waals surface area contributed by atoms with Crippen molar-refractivity contribution in [1.29, 1.82) is 0 Å². The Labute approximate surface area is 80.6 Å². The molecule has 0 aliphatic heterocycles. The lowest BCUT2D eigenvalue weighted by Crippen LogP contribution is -2.03. The predicted molar refractivity (Wildman–Crippen MR) is 52.4 cm³/mol. The van der Waals surface area contributed by atoms with Crippen LogP contribution in [-0.4, -0.2) is 19.9 Å². The van der Waals surface area contributed by atoms with Crippen molar-refractivity contribution in [3.63, 3.8) is 0 Å². The lowest BCUT2D eigenvalue weighted by atomic mass is 10.4. The summed E-state index contributed by atoms with van der Waals surface area (Å²) in [4.78, 5) is 14.8. The van der Waals surface area contributed by atoms with Crippen molar-refractivity contribution < 1.29 is 0 Å². The van der Waals surface area contributed by atoms with E-state index in [2.05, 4.69) is 25.3 Å². The van der Waals surface area contributed by atoms with Crippen molar-refractivity contribution in [2.75, 3.05) is 11.1 Å². The highest BCUT2D eigenvalue weighted by Gasteiger charge is 1.96. The lowest BCUT2D eigenvalue weighted by molar-refractivity contribution is 1.04. The molecule has 2 aromatic heterocycles. The van der Waals surface area contributed by atoms with Crippen molar-refractivity contribution in [1.82, 2.24) is 19.9 Å². The van der Waals surface area contributed by atoms with Gasteiger partial charge in [0.05, 0.1) is 31.0 Å². The van der Waals surface area contributed by atoms with Crippen LogP contribution in [0.4, 0.5) is 11.6 Å². The molecule has 0 radical (unpaired) electrons. The van der Waals surface area contributed by atoms with Crippen LogP contribution in [0.15, 0.2) is 24.9 Å². The highest BCUT2D eigenvalue weighted by molar-refractivity contribution is 5.38. The van der Waals surface area contributed by atoms with Gasteiger partial charge in [0.25, 0.3) is 0 Å². The van der Waals surface area contributed by atoms with E-state index in [1.54, 1.807) is 18.7 Å². The van der Waals surface area contributed by atoms with Gasteiger partial charge in [-0.1, -0.05) is 0 Å². The molecule has 0 amide bonds. The standard InChI is InChI=1S/C8H10N6/c9-7-3-10-4-8(14-7)12-2-6-1-11-5-13-6/h1,3-5H,2H2,(H,11,13)(H3,9,12,14). The molecule has 0 fully saturated rings. The monoisotopic (exact) mass is 190 g/mol. The second-order valence-electron chi connectivity index (χ2n) is 2.76. The largest absolute Gasteiger partial charge is 0.382 e. The maximum absolute atomic E-state index is 5.47. The van der Waals surface area contributed by atoms with Crippen LogP contribution in [-0.2, 0) is 6.54 Å². The molecule has 72 valence electrons. The van der Waals surface area contributed by atoms with Crippen LogP contribution in [0.3, 0.4) is 0 Å². The molecular weight excluding hydrogens is 180 g/mol. The number of anilines is 2. The molecule has 0 spiro atoms. The second kappa shape index (κ2) is 3.73. The first-order chi connectivity index (χ1) is 6.84. The Bertz CT molecular complexity index is 396. The third-order valence-corrected chi connectivity index (χ3v) is 1.67. The summed E-state index contributed by atoms with van der Waals surface area (Å²) < 4.78 is 0. The van der Waals surface area contributed by atoms with Gasteiger partial charge >= 0.3 is 0 Å². The van der Waals surface area contributed by atoms with E-state index >= 15 is 0 Å². The van der Waals surface area contributed by atoms with Crippen LogP contribution >= 0.6 is 0 Å². The van der Waals surface area contributed by atoms with Crippen LogP contribution in [0, 0.1) is 0 Å². The van der Waals surface area contributed by atoms with Crippen LogP contribution < -0.4 is 11.1 Å². The third-order valence-electron chi connectivity index (χ3n) is 1.67. The molecule has 2 rings (SSSR count). The number of rotatable bonds is 3. The number of nitrogen functional groups attached to an aromatic ring is 1. The number of nitrogens with zero attached hydrogens (tertiary/aromatic N) is 3. The number of H-pyrrole nitrogens is 1. The lowest BCUT2D eigenvalue weighted by Gasteiger charge is -2.02. The maximum atomic E-state index is 5.47. The normalized spacial score (nSPS) is 10.0. The van der Waals surface area contributed by atoms with Gasteiger partial charge in [0, 0.05) is 6.20 Å². The summed E-state index contributed by atoms with van der Waals surface area (Å²) in [6.45, 7) is 0.623. The van der Waals surface area contributed by atoms with Gasteiger partial charge in [0.2, 0.25) is 0 Å². The Morgan fingerprint density at radius 1 is 1.29 bits per heavy atom. The molecule has 4 N–H and O–H groups in total. The number of hydrogen-bond acceptors (Lipinski definition) is 5. The highest BCUT2D eigenvalue weighted by Crippen LogP contribution is 2.04. The number of imidazole rings is 1. The average molecular weight is 190 g/mol. The van der Waals surface area contributed by atoms with Gasteiger partial charge < -0.3 is 16.0 Å². The van der Waals surface area contributed by atoms with E-state index in [0.717, 1.165) is 5.69 Å². The summed E-state index contributed by atoms with van der Waals surface area (Å²) in [7, 11) is 0. The molecule has 0 aliphatic rings. The Hall–Kier alpha value is -2.11. The van der Waals surface area contributed by atoms with Crippen molar-refractivity contribution in [2.45, 2.75) is 6.54 Å². The smallest absolute Gasteiger partial charge is 0.147 e. The van der Waals surface area contributed by atoms with E-state index in [9.17, 15) is 0 Å². The van der Waals surface area contributed by atoms with E-state index < -0.39 is 0 Å². The van der Waals surface area contributed by atoms with Crippen LogP contribution in [0.5, 0.6) is 0 Å². The first-order valence-electron chi connectivity index (χ1n) is 4.13. The average Bonchev–Trinajstić information content (AvgIpc) is 2.67. The van der Waals surface area contributed by atoms with E-state index in [-0.39, 0.29) is 0 Å². The van der Waals surface area contributed by atoms with Crippen molar-refractivity contribution in [3.8, 4) is 0 Å². The second-order valence-corrected chi connectivity index (χ2v) is 2.76. The maximum Gasteiger partial charge on any atom is 0.147 e. The zero-order valence-corrected chi connectivity index (χ0v) is 7.44. The minimum atomic E-state index is 0.402. The van der Waals surface area contributed by atoms with Gasteiger partial charge in [0.15, 0.2) is 0 Å². The SMILES string of the molecule is Nc1cncc(NCc2cnc[nH]2)n1. The van der Waals surface area contributed by atoms with E-state index in [4.69, 9.17) is 5.73 Å². The molecule has 0 saturated carbocycles. The fraction of sp³-hybridized carbons (Fsp3) is 0.125. The molecule has 2 aromatic rings. The molecule has 6 heteroatoms. The number of nitrogens with one attached hydrogen (secondary N) is 2. The minimum absolute atomic E-state index is 0.402. The zero-order chi connectivity index (χ0) is 9.80. The molecule has 6 nitrogen and oxygen atoms in total. The Kier molecular flexibility index (Phi) is 2.26. The van der Waals surface area contributed by atoms with Crippen LogP contribution in [0.25, 0.3) is 0 Å². The molecule has 14 heavy (non-hydrogen) atoms. The van der Waals surface area contributed by atoms with E-state index in [1.165, 1.54) is 6.20 Å². The summed E-state index contributed by atoms with van der Waals surface area (Å²) in [6.07, 6.45) is 6.49. The summed E-state index contributed by atoms with van der Waals surface area (Å²) in [5.41, 5.74) is 6.45. The molecular formula is C8H10N6. The molecule has 0 aliphatic carbocycles. The van der Waals surface area contributed by atoms with Crippen molar-refractivity contribution in [3.05, 3.63) is 30.6 Å². The fourth-order valence-corrected chi connectivity index (χ4v) is 1.03. The zero-order valence-electron chi connectivity index (χ0n) is 7.44. The van der Waals surface area contributed by atoms with Gasteiger partial charge in [-0.15, -0.1) is 0 Å². The molecule has 0 unspecified atom stereocenters. The minimum Gasteiger partial charge on any atom is -0.382 e. The Balaban J connectivity index is 1.98. The van der Waals surface area contributed by atoms with Gasteiger partial charge in [-0.3, -0.25) is 4.98 Å². The van der Waals surface area contributed by atoms with Crippen LogP contribution in [0.2, 0.25) is 0 Å². The van der Waals surface area contributed by atoms with Crippen molar-refractivity contribution in [2.24, 2.45) is 0 Å². The number of nitrogens with two attached hydrogens (primary N) is 1. The first kappa shape index (κ1) is 8.49. The van der Waals surface area contributed by atoms with Gasteiger partial charge in [0.1, 0.15) is 11.6 Å². The number of aromatic nitrogens is 4. The van der Waals surface area contributed by atoms with Gasteiger partial charge in [-0.25, -0.2) is 9.97 Å². The summed E-state index contributed by atoms with van der Waals surface area (Å²) in [6, 6.07) is 0. The number of hydrogen-bond donors (Lipinski definition) is 3.